The molecule has 0 aliphatic carbocycles. The molecule has 0 radical (unpaired) electrons. The Morgan fingerprint density at radius 1 is 1.13 bits per heavy atom. The van der Waals surface area contributed by atoms with Gasteiger partial charge in [-0.3, -0.25) is 4.90 Å². The zero-order chi connectivity index (χ0) is 32.0. The summed E-state index contributed by atoms with van der Waals surface area (Å²) in [6, 6.07) is 7.30. The summed E-state index contributed by atoms with van der Waals surface area (Å²) < 4.78 is 84.0. The highest BCUT2D eigenvalue weighted by Crippen LogP contribution is 2.38. The van der Waals surface area contributed by atoms with Gasteiger partial charge in [0, 0.05) is 23.7 Å². The second-order valence-corrected chi connectivity index (χ2v) is 10.9. The van der Waals surface area contributed by atoms with Gasteiger partial charge in [0.25, 0.3) is 0 Å². The number of alkyl halides is 3. The Hall–Kier alpha value is -4.56. The van der Waals surface area contributed by atoms with E-state index in [2.05, 4.69) is 15.0 Å². The van der Waals surface area contributed by atoms with Crippen molar-refractivity contribution in [2.24, 2.45) is 0 Å². The van der Waals surface area contributed by atoms with Crippen molar-refractivity contribution >= 4 is 28.6 Å². The molecule has 0 spiro atoms. The van der Waals surface area contributed by atoms with Crippen LogP contribution in [0.4, 0.5) is 22.0 Å². The molecule has 45 heavy (non-hydrogen) atoms. The number of carboxylic acids is 1. The molecule has 3 aromatic heterocycles. The molecule has 0 bridgehead atoms. The number of ether oxygens (including phenoxy) is 1. The smallest absolute Gasteiger partial charge is 0.421 e. The van der Waals surface area contributed by atoms with Crippen LogP contribution >= 0.6 is 11.6 Å². The van der Waals surface area contributed by atoms with Gasteiger partial charge in [-0.25, -0.2) is 28.5 Å². The summed E-state index contributed by atoms with van der Waals surface area (Å²) in [6.07, 6.45) is -3.31. The maximum atomic E-state index is 15.5. The first-order valence-corrected chi connectivity index (χ1v) is 14.0. The van der Waals surface area contributed by atoms with E-state index in [1.165, 1.54) is 29.2 Å². The number of carboxylic acid groups (broad SMARTS) is 1. The number of halogens is 6. The van der Waals surface area contributed by atoms with E-state index in [-0.39, 0.29) is 47.7 Å². The molecule has 1 aliphatic heterocycles. The summed E-state index contributed by atoms with van der Waals surface area (Å²) in [5, 5.41) is 9.61. The highest BCUT2D eigenvalue weighted by Gasteiger charge is 2.37. The summed E-state index contributed by atoms with van der Waals surface area (Å²) in [7, 11) is 0. The quantitative estimate of drug-likeness (QED) is 0.189. The third kappa shape index (κ3) is 6.07. The van der Waals surface area contributed by atoms with Crippen LogP contribution in [-0.2, 0) is 38.8 Å². The topological polar surface area (TPSA) is 107 Å². The van der Waals surface area contributed by atoms with Crippen molar-refractivity contribution in [1.82, 2.24) is 24.4 Å². The van der Waals surface area contributed by atoms with Crippen molar-refractivity contribution in [3.05, 3.63) is 105 Å². The fraction of sp³-hybridized carbons (Fsp3) is 0.267. The van der Waals surface area contributed by atoms with Crippen molar-refractivity contribution in [1.29, 1.82) is 0 Å². The van der Waals surface area contributed by atoms with Crippen molar-refractivity contribution in [2.75, 3.05) is 6.54 Å². The van der Waals surface area contributed by atoms with E-state index in [0.717, 1.165) is 18.2 Å². The van der Waals surface area contributed by atoms with Gasteiger partial charge in [-0.2, -0.15) is 13.2 Å². The minimum atomic E-state index is -4.77. The Balaban J connectivity index is 1.32. The maximum absolute atomic E-state index is 15.5. The number of hydrogen-bond donors (Lipinski definition) is 1. The number of aromatic carboxylic acids is 1. The zero-order valence-electron chi connectivity index (χ0n) is 23.5. The molecule has 15 heteroatoms. The van der Waals surface area contributed by atoms with Crippen LogP contribution in [0.1, 0.15) is 50.0 Å². The van der Waals surface area contributed by atoms with E-state index in [0.29, 0.717) is 35.1 Å². The number of fused-ring (bicyclic) bond motifs is 2. The lowest BCUT2D eigenvalue weighted by molar-refractivity contribution is -0.139. The van der Waals surface area contributed by atoms with Crippen molar-refractivity contribution in [3.8, 4) is 5.88 Å². The normalized spacial score (nSPS) is 13.8. The number of benzene rings is 2. The molecule has 2 aromatic carbocycles. The molecule has 0 amide bonds. The van der Waals surface area contributed by atoms with Crippen LogP contribution in [-0.4, -0.2) is 42.0 Å². The van der Waals surface area contributed by atoms with Crippen LogP contribution in [0.2, 0.25) is 5.02 Å². The van der Waals surface area contributed by atoms with Crippen LogP contribution in [0.25, 0.3) is 11.0 Å². The van der Waals surface area contributed by atoms with Gasteiger partial charge < -0.3 is 18.8 Å². The standard InChI is InChI=1S/C30H23ClF5N5O4/c1-15-24(45-14-37-15)11-41-25(38-22-5-4-19(29(42)43)26(33)27(22)41)12-40-7-6-16-8-20(30(34,35)36)28(39-23(16)10-40)44-13-17-2-3-18(31)9-21(17)32/h2-5,8-9,14H,6-7,10-13H2,1H3,(H,42,43). The maximum Gasteiger partial charge on any atom is 0.421 e. The number of imidazole rings is 1. The molecule has 1 N–H and O–H groups in total. The summed E-state index contributed by atoms with van der Waals surface area (Å²) in [5.74, 6) is -3.02. The third-order valence-corrected chi connectivity index (χ3v) is 7.81. The second-order valence-electron chi connectivity index (χ2n) is 10.5. The summed E-state index contributed by atoms with van der Waals surface area (Å²) in [6.45, 7) is 1.77. The fourth-order valence-corrected chi connectivity index (χ4v) is 5.40. The van der Waals surface area contributed by atoms with E-state index >= 15 is 4.39 Å². The predicted octanol–water partition coefficient (Wildman–Crippen LogP) is 6.56. The van der Waals surface area contributed by atoms with E-state index < -0.39 is 47.4 Å². The highest BCUT2D eigenvalue weighted by molar-refractivity contribution is 6.30. The summed E-state index contributed by atoms with van der Waals surface area (Å²) in [4.78, 5) is 26.3. The Labute approximate surface area is 256 Å². The van der Waals surface area contributed by atoms with Crippen LogP contribution in [0, 0.1) is 18.6 Å². The number of pyridine rings is 1. The van der Waals surface area contributed by atoms with Crippen LogP contribution in [0.3, 0.4) is 0 Å². The SMILES string of the molecule is Cc1ncoc1Cn1c(CN2CCc3cc(C(F)(F)F)c(OCc4ccc(Cl)cc4F)nc3C2)nc2ccc(C(=O)O)c(F)c21. The van der Waals surface area contributed by atoms with Crippen molar-refractivity contribution in [3.63, 3.8) is 0 Å². The average molecular weight is 648 g/mol. The molecule has 6 rings (SSSR count). The molecule has 4 heterocycles. The second kappa shape index (κ2) is 11.7. The summed E-state index contributed by atoms with van der Waals surface area (Å²) >= 11 is 5.77. The predicted molar refractivity (Wildman–Crippen MR) is 150 cm³/mol. The van der Waals surface area contributed by atoms with Crippen molar-refractivity contribution < 1.29 is 41.0 Å². The van der Waals surface area contributed by atoms with Gasteiger partial charge in [-0.15, -0.1) is 0 Å². The molecule has 9 nitrogen and oxygen atoms in total. The lowest BCUT2D eigenvalue weighted by atomic mass is 10.0. The van der Waals surface area contributed by atoms with Crippen LogP contribution in [0.5, 0.6) is 5.88 Å². The number of oxazole rings is 1. The Morgan fingerprint density at radius 3 is 2.62 bits per heavy atom. The van der Waals surface area contributed by atoms with Gasteiger partial charge in [-0.05, 0) is 49.2 Å². The van der Waals surface area contributed by atoms with Crippen LogP contribution in [0.15, 0.2) is 47.2 Å². The van der Waals surface area contributed by atoms with E-state index in [9.17, 15) is 27.5 Å². The third-order valence-electron chi connectivity index (χ3n) is 7.58. The first-order valence-electron chi connectivity index (χ1n) is 13.6. The van der Waals surface area contributed by atoms with Gasteiger partial charge in [0.05, 0.1) is 35.6 Å². The number of carbonyl (C=O) groups is 1. The zero-order valence-corrected chi connectivity index (χ0v) is 24.2. The highest BCUT2D eigenvalue weighted by atomic mass is 35.5. The molecule has 234 valence electrons. The molecule has 0 fully saturated rings. The molecule has 1 aliphatic rings. The molecular weight excluding hydrogens is 625 g/mol. The van der Waals surface area contributed by atoms with E-state index in [1.54, 1.807) is 6.92 Å². The minimum absolute atomic E-state index is 0.00727. The van der Waals surface area contributed by atoms with Gasteiger partial charge in [0.1, 0.15) is 35.1 Å². The lowest BCUT2D eigenvalue weighted by Crippen LogP contribution is -2.32. The Morgan fingerprint density at radius 2 is 1.93 bits per heavy atom. The Kier molecular flexibility index (Phi) is 7.95. The lowest BCUT2D eigenvalue weighted by Gasteiger charge is -2.29. The first-order chi connectivity index (χ1) is 21.4. The molecule has 0 atom stereocenters. The number of aryl methyl sites for hydroxylation is 1. The number of nitrogens with zero attached hydrogens (tertiary/aromatic N) is 5. The number of aromatic nitrogens is 4. The van der Waals surface area contributed by atoms with Gasteiger partial charge in [0.2, 0.25) is 5.88 Å². The minimum Gasteiger partial charge on any atom is -0.478 e. The summed E-state index contributed by atoms with van der Waals surface area (Å²) in [5.41, 5.74) is -0.130. The first kappa shape index (κ1) is 30.5. The monoisotopic (exact) mass is 647 g/mol. The average Bonchev–Trinajstić information content (AvgIpc) is 3.54. The Bertz CT molecular complexity index is 1940. The number of hydrogen-bond acceptors (Lipinski definition) is 7. The number of rotatable bonds is 8. The molecule has 5 aromatic rings. The van der Waals surface area contributed by atoms with Gasteiger partial charge in [-0.1, -0.05) is 17.7 Å². The van der Waals surface area contributed by atoms with E-state index in [1.807, 2.05) is 4.90 Å². The molecule has 0 saturated heterocycles. The van der Waals surface area contributed by atoms with E-state index in [4.69, 9.17) is 20.8 Å². The fourth-order valence-electron chi connectivity index (χ4n) is 5.24. The molecule has 0 saturated carbocycles. The van der Waals surface area contributed by atoms with Gasteiger partial charge >= 0.3 is 12.1 Å². The van der Waals surface area contributed by atoms with Crippen LogP contribution < -0.4 is 4.74 Å². The molecular formula is C30H23ClF5N5O4. The van der Waals surface area contributed by atoms with Gasteiger partial charge in [0.15, 0.2) is 12.2 Å². The van der Waals surface area contributed by atoms with Crippen molar-refractivity contribution in [2.45, 2.75) is 45.8 Å². The largest absolute Gasteiger partial charge is 0.478 e. The molecule has 0 unspecified atom stereocenters.